The van der Waals surface area contributed by atoms with Gasteiger partial charge in [-0.1, -0.05) is 5.16 Å². The molecule has 17 heavy (non-hydrogen) atoms. The van der Waals surface area contributed by atoms with Crippen LogP contribution in [0.5, 0.6) is 0 Å². The van der Waals surface area contributed by atoms with Gasteiger partial charge in [0.2, 0.25) is 0 Å². The molecule has 0 saturated carbocycles. The van der Waals surface area contributed by atoms with Gasteiger partial charge in [0.1, 0.15) is 22.4 Å². The second-order valence-electron chi connectivity index (χ2n) is 3.25. The summed E-state index contributed by atoms with van der Waals surface area (Å²) in [6, 6.07) is 1.80. The van der Waals surface area contributed by atoms with Crippen LogP contribution in [0, 0.1) is 0 Å². The van der Waals surface area contributed by atoms with Crippen LogP contribution in [0.3, 0.4) is 0 Å². The number of nitrogens with one attached hydrogen (secondary N) is 2. The van der Waals surface area contributed by atoms with Crippen LogP contribution < -0.4 is 10.6 Å². The summed E-state index contributed by atoms with van der Waals surface area (Å²) in [4.78, 5) is 8.28. The minimum absolute atomic E-state index is 0.529. The van der Waals surface area contributed by atoms with Gasteiger partial charge in [0.25, 0.3) is 0 Å². The molecule has 0 spiro atoms. The number of aromatic nitrogens is 3. The molecule has 0 fully saturated rings. The number of hydrogen-bond acceptors (Lipinski definition) is 6. The molecule has 0 bridgehead atoms. The second kappa shape index (κ2) is 5.62. The number of rotatable bonds is 5. The van der Waals surface area contributed by atoms with Crippen LogP contribution >= 0.6 is 15.9 Å². The highest BCUT2D eigenvalue weighted by atomic mass is 79.9. The summed E-state index contributed by atoms with van der Waals surface area (Å²) >= 11 is 3.45. The highest BCUT2D eigenvalue weighted by Crippen LogP contribution is 2.26. The SMILES string of the molecule is CCNc1ncnc(NCc2ccno2)c1Br. The average molecular weight is 298 g/mol. The fourth-order valence-electron chi connectivity index (χ4n) is 1.29. The minimum Gasteiger partial charge on any atom is -0.369 e. The third-order valence-corrected chi connectivity index (χ3v) is 2.81. The Morgan fingerprint density at radius 2 is 2.06 bits per heavy atom. The number of anilines is 2. The van der Waals surface area contributed by atoms with Crippen molar-refractivity contribution in [3.8, 4) is 0 Å². The van der Waals surface area contributed by atoms with Crippen LogP contribution in [-0.2, 0) is 6.54 Å². The first-order valence-corrected chi connectivity index (χ1v) is 5.98. The van der Waals surface area contributed by atoms with Gasteiger partial charge in [-0.3, -0.25) is 0 Å². The summed E-state index contributed by atoms with van der Waals surface area (Å²) in [7, 11) is 0. The van der Waals surface area contributed by atoms with Crippen LogP contribution in [0.4, 0.5) is 11.6 Å². The van der Waals surface area contributed by atoms with Gasteiger partial charge in [-0.25, -0.2) is 9.97 Å². The van der Waals surface area contributed by atoms with Crippen molar-refractivity contribution in [3.05, 3.63) is 28.8 Å². The summed E-state index contributed by atoms with van der Waals surface area (Å²) in [5.74, 6) is 2.23. The molecule has 0 aliphatic heterocycles. The summed E-state index contributed by atoms with van der Waals surface area (Å²) in [6.07, 6.45) is 3.11. The zero-order valence-electron chi connectivity index (χ0n) is 9.27. The Hall–Kier alpha value is -1.63. The first kappa shape index (κ1) is 11.8. The van der Waals surface area contributed by atoms with Gasteiger partial charge in [-0.2, -0.15) is 0 Å². The van der Waals surface area contributed by atoms with Crippen LogP contribution in [0.1, 0.15) is 12.7 Å². The summed E-state index contributed by atoms with van der Waals surface area (Å²) in [5.41, 5.74) is 0. The molecular formula is C10H12BrN5O. The van der Waals surface area contributed by atoms with Crippen molar-refractivity contribution in [1.29, 1.82) is 0 Å². The fraction of sp³-hybridized carbons (Fsp3) is 0.300. The van der Waals surface area contributed by atoms with Gasteiger partial charge in [-0.05, 0) is 22.9 Å². The third kappa shape index (κ3) is 2.94. The molecule has 0 aromatic carbocycles. The molecule has 0 aliphatic rings. The van der Waals surface area contributed by atoms with Crippen molar-refractivity contribution in [2.45, 2.75) is 13.5 Å². The van der Waals surface area contributed by atoms with Crippen molar-refractivity contribution >= 4 is 27.6 Å². The highest BCUT2D eigenvalue weighted by molar-refractivity contribution is 9.10. The summed E-state index contributed by atoms with van der Waals surface area (Å²) in [5, 5.41) is 9.91. The van der Waals surface area contributed by atoms with Crippen LogP contribution in [0.2, 0.25) is 0 Å². The smallest absolute Gasteiger partial charge is 0.155 e. The molecule has 90 valence electrons. The maximum atomic E-state index is 4.99. The number of hydrogen-bond donors (Lipinski definition) is 2. The van der Waals surface area contributed by atoms with Crippen LogP contribution in [0.25, 0.3) is 0 Å². The zero-order chi connectivity index (χ0) is 12.1. The third-order valence-electron chi connectivity index (χ3n) is 2.06. The van der Waals surface area contributed by atoms with Crippen molar-refractivity contribution in [1.82, 2.24) is 15.1 Å². The van der Waals surface area contributed by atoms with Crippen molar-refractivity contribution in [2.75, 3.05) is 17.2 Å². The predicted molar refractivity (Wildman–Crippen MR) is 67.7 cm³/mol. The van der Waals surface area contributed by atoms with Crippen molar-refractivity contribution < 1.29 is 4.52 Å². The molecule has 0 aliphatic carbocycles. The van der Waals surface area contributed by atoms with E-state index in [1.165, 1.54) is 6.33 Å². The minimum atomic E-state index is 0.529. The van der Waals surface area contributed by atoms with Crippen LogP contribution in [-0.4, -0.2) is 21.7 Å². The van der Waals surface area contributed by atoms with E-state index in [2.05, 4.69) is 41.7 Å². The van der Waals surface area contributed by atoms with Gasteiger partial charge < -0.3 is 15.2 Å². The van der Waals surface area contributed by atoms with E-state index in [1.807, 2.05) is 6.92 Å². The van der Waals surface area contributed by atoms with Gasteiger partial charge in [0.05, 0.1) is 12.7 Å². The molecule has 0 atom stereocenters. The largest absolute Gasteiger partial charge is 0.369 e. The van der Waals surface area contributed by atoms with E-state index >= 15 is 0 Å². The lowest BCUT2D eigenvalue weighted by Crippen LogP contribution is -2.06. The van der Waals surface area contributed by atoms with E-state index in [0.717, 1.165) is 22.6 Å². The normalized spacial score (nSPS) is 10.2. The molecule has 7 heteroatoms. The van der Waals surface area contributed by atoms with Gasteiger partial charge in [0.15, 0.2) is 5.76 Å². The molecule has 0 unspecified atom stereocenters. The van der Waals surface area contributed by atoms with Crippen molar-refractivity contribution in [3.63, 3.8) is 0 Å². The molecule has 0 amide bonds. The Labute approximate surface area is 107 Å². The zero-order valence-corrected chi connectivity index (χ0v) is 10.9. The highest BCUT2D eigenvalue weighted by Gasteiger charge is 2.08. The van der Waals surface area contributed by atoms with E-state index in [1.54, 1.807) is 12.3 Å². The van der Waals surface area contributed by atoms with Gasteiger partial charge >= 0.3 is 0 Å². The molecule has 2 aromatic heterocycles. The molecule has 2 aromatic rings. The summed E-state index contributed by atoms with van der Waals surface area (Å²) in [6.45, 7) is 3.34. The second-order valence-corrected chi connectivity index (χ2v) is 4.04. The topological polar surface area (TPSA) is 75.9 Å². The number of halogens is 1. The fourth-order valence-corrected chi connectivity index (χ4v) is 1.77. The van der Waals surface area contributed by atoms with E-state index < -0.39 is 0 Å². The standard InChI is InChI=1S/C10H12BrN5O/c1-2-12-9-8(11)10(15-6-14-9)13-5-7-3-4-16-17-7/h3-4,6H,2,5H2,1H3,(H2,12,13,14,15). The Morgan fingerprint density at radius 3 is 2.71 bits per heavy atom. The Kier molecular flexibility index (Phi) is 3.92. The molecule has 0 saturated heterocycles. The molecule has 2 rings (SSSR count). The maximum absolute atomic E-state index is 4.99. The van der Waals surface area contributed by atoms with E-state index in [-0.39, 0.29) is 0 Å². The first-order chi connectivity index (χ1) is 8.31. The maximum Gasteiger partial charge on any atom is 0.155 e. The van der Waals surface area contributed by atoms with E-state index in [4.69, 9.17) is 4.52 Å². The Morgan fingerprint density at radius 1 is 1.29 bits per heavy atom. The summed E-state index contributed by atoms with van der Waals surface area (Å²) < 4.78 is 5.79. The monoisotopic (exact) mass is 297 g/mol. The molecule has 2 N–H and O–H groups in total. The first-order valence-electron chi connectivity index (χ1n) is 5.19. The van der Waals surface area contributed by atoms with Crippen LogP contribution in [0.15, 0.2) is 27.6 Å². The lowest BCUT2D eigenvalue weighted by molar-refractivity contribution is 0.388. The van der Waals surface area contributed by atoms with Gasteiger partial charge in [0, 0.05) is 12.6 Å². The molecule has 2 heterocycles. The predicted octanol–water partition coefficient (Wildman–Crippen LogP) is 2.27. The van der Waals surface area contributed by atoms with E-state index in [9.17, 15) is 0 Å². The molecule has 6 nitrogen and oxygen atoms in total. The average Bonchev–Trinajstić information content (AvgIpc) is 2.83. The Balaban J connectivity index is 2.07. The number of nitrogens with zero attached hydrogens (tertiary/aromatic N) is 3. The lowest BCUT2D eigenvalue weighted by Gasteiger charge is -2.09. The Bertz CT molecular complexity index is 474. The van der Waals surface area contributed by atoms with Crippen molar-refractivity contribution in [2.24, 2.45) is 0 Å². The molecule has 0 radical (unpaired) electrons. The molecular weight excluding hydrogens is 286 g/mol. The quantitative estimate of drug-likeness (QED) is 0.882. The van der Waals surface area contributed by atoms with E-state index in [0.29, 0.717) is 12.4 Å². The lowest BCUT2D eigenvalue weighted by atomic mass is 10.4. The van der Waals surface area contributed by atoms with Gasteiger partial charge in [-0.15, -0.1) is 0 Å².